The molecule has 2 heteroatoms. The first kappa shape index (κ1) is 13.6. The molecule has 0 aromatic rings. The van der Waals surface area contributed by atoms with E-state index in [1.54, 1.807) is 0 Å². The maximum atomic E-state index is 5.32. The van der Waals surface area contributed by atoms with Crippen molar-refractivity contribution in [2.75, 3.05) is 5.75 Å². The first-order valence-corrected chi connectivity index (χ1v) is 5.81. The Morgan fingerprint density at radius 3 is 1.57 bits per heavy atom. The Morgan fingerprint density at radius 2 is 1.14 bits per heavy atom. The zero-order valence-corrected chi connectivity index (χ0v) is 9.63. The van der Waals surface area contributed by atoms with E-state index in [1.165, 1.54) is 0 Å². The third kappa shape index (κ3) is 11.6. The second kappa shape index (κ2) is 12.6. The molecule has 0 aliphatic rings. The fourth-order valence-corrected chi connectivity index (χ4v) is 1.18. The minimum absolute atomic E-state index is 0.651. The third-order valence-electron chi connectivity index (χ3n) is 1.74. The summed E-state index contributed by atoms with van der Waals surface area (Å²) in [5.41, 5.74) is 0. The first-order valence-electron chi connectivity index (χ1n) is 5.17. The number of unbranched alkanes of at least 4 members (excludes halogenated alkanes) is 2. The summed E-state index contributed by atoms with van der Waals surface area (Å²) in [5.74, 6) is 0.841. The van der Waals surface area contributed by atoms with Gasteiger partial charge in [0.1, 0.15) is 0 Å². The molecule has 76 valence electrons. The van der Waals surface area contributed by atoms with Gasteiger partial charge in [0.25, 0.3) is 0 Å². The van der Waals surface area contributed by atoms with E-state index in [-0.39, 0.29) is 0 Å². The van der Waals surface area contributed by atoms with E-state index in [4.69, 9.17) is 7.85 Å². The zero-order chi connectivity index (χ0) is 10.5. The van der Waals surface area contributed by atoms with Crippen LogP contribution in [0.3, 0.4) is 0 Å². The summed E-state index contributed by atoms with van der Waals surface area (Å²) in [5, 5.41) is 0. The summed E-state index contributed by atoms with van der Waals surface area (Å²) < 4.78 is 0. The van der Waals surface area contributed by atoms with Crippen molar-refractivity contribution >= 4 is 20.5 Å². The average Bonchev–Trinajstić information content (AvgIpc) is 2.21. The highest BCUT2D eigenvalue weighted by molar-refractivity contribution is 7.80. The molecule has 0 atom stereocenters. The largest absolute Gasteiger partial charge is 0.175 e. The fourth-order valence-electron chi connectivity index (χ4n) is 1.03. The Hall–Kier alpha value is -0.365. The number of hydrogen-bond acceptors (Lipinski definition) is 1. The van der Waals surface area contributed by atoms with Gasteiger partial charge in [0, 0.05) is 5.75 Å². The Kier molecular flexibility index (Phi) is 12.3. The van der Waals surface area contributed by atoms with Gasteiger partial charge < -0.3 is 0 Å². The standard InChI is InChI=1S/C12H19BS/c13-11-9-7-5-3-1-2-4-6-8-10-12-14/h1-2,7-10,14H,3-6,11-12H2/b2-1-,9-7-,10-8-. The summed E-state index contributed by atoms with van der Waals surface area (Å²) in [6.07, 6.45) is 18.0. The molecule has 0 bridgehead atoms. The maximum Gasteiger partial charge on any atom is 0.0708 e. The highest BCUT2D eigenvalue weighted by Gasteiger charge is 1.78. The lowest BCUT2D eigenvalue weighted by Crippen LogP contribution is -1.68. The van der Waals surface area contributed by atoms with Gasteiger partial charge in [-0.15, -0.1) is 0 Å². The second-order valence-corrected chi connectivity index (χ2v) is 3.35. The molecule has 0 N–H and O–H groups in total. The van der Waals surface area contributed by atoms with Crippen LogP contribution in [-0.2, 0) is 0 Å². The topological polar surface area (TPSA) is 0 Å². The molecule has 0 rings (SSSR count). The van der Waals surface area contributed by atoms with E-state index in [0.29, 0.717) is 6.32 Å². The van der Waals surface area contributed by atoms with Crippen LogP contribution in [0.5, 0.6) is 0 Å². The van der Waals surface area contributed by atoms with Gasteiger partial charge in [0.05, 0.1) is 7.85 Å². The van der Waals surface area contributed by atoms with E-state index in [2.05, 4.69) is 43.0 Å². The number of allylic oxidation sites excluding steroid dienone is 5. The van der Waals surface area contributed by atoms with Gasteiger partial charge in [0.15, 0.2) is 0 Å². The molecule has 0 heterocycles. The first-order chi connectivity index (χ1) is 6.91. The molecule has 0 fully saturated rings. The summed E-state index contributed by atoms with van der Waals surface area (Å²) in [4.78, 5) is 0. The lowest BCUT2D eigenvalue weighted by molar-refractivity contribution is 1.00. The summed E-state index contributed by atoms with van der Waals surface area (Å²) >= 11 is 4.09. The van der Waals surface area contributed by atoms with Crippen LogP contribution in [0.2, 0.25) is 6.32 Å². The van der Waals surface area contributed by atoms with Crippen molar-refractivity contribution in [1.82, 2.24) is 0 Å². The molecule has 14 heavy (non-hydrogen) atoms. The van der Waals surface area contributed by atoms with Crippen molar-refractivity contribution in [2.45, 2.75) is 32.0 Å². The van der Waals surface area contributed by atoms with Gasteiger partial charge in [-0.1, -0.05) is 42.8 Å². The molecule has 0 unspecified atom stereocenters. The van der Waals surface area contributed by atoms with Gasteiger partial charge in [-0.05, 0) is 25.7 Å². The second-order valence-electron chi connectivity index (χ2n) is 2.99. The number of hydrogen-bond donors (Lipinski definition) is 1. The van der Waals surface area contributed by atoms with Crippen LogP contribution in [0, 0.1) is 0 Å². The minimum Gasteiger partial charge on any atom is -0.175 e. The Labute approximate surface area is 95.0 Å². The van der Waals surface area contributed by atoms with Crippen LogP contribution in [0.25, 0.3) is 0 Å². The van der Waals surface area contributed by atoms with Crippen LogP contribution in [0.1, 0.15) is 25.7 Å². The van der Waals surface area contributed by atoms with E-state index in [9.17, 15) is 0 Å². The van der Waals surface area contributed by atoms with Crippen molar-refractivity contribution in [3.05, 3.63) is 36.5 Å². The fraction of sp³-hybridized carbons (Fsp3) is 0.500. The summed E-state index contributed by atoms with van der Waals surface area (Å²) in [6.45, 7) is 0. The molecular weight excluding hydrogens is 187 g/mol. The number of rotatable bonds is 8. The highest BCUT2D eigenvalue weighted by Crippen LogP contribution is 1.98. The molecule has 0 aromatic heterocycles. The van der Waals surface area contributed by atoms with Gasteiger partial charge in [-0.3, -0.25) is 0 Å². The Balaban J connectivity index is 3.19. The van der Waals surface area contributed by atoms with Crippen molar-refractivity contribution < 1.29 is 0 Å². The van der Waals surface area contributed by atoms with Gasteiger partial charge in [0.2, 0.25) is 0 Å². The highest BCUT2D eigenvalue weighted by atomic mass is 32.1. The van der Waals surface area contributed by atoms with Crippen molar-refractivity contribution in [2.24, 2.45) is 0 Å². The molecule has 0 aliphatic carbocycles. The van der Waals surface area contributed by atoms with Crippen LogP contribution in [0.4, 0.5) is 0 Å². The van der Waals surface area contributed by atoms with Crippen molar-refractivity contribution in [3.8, 4) is 0 Å². The van der Waals surface area contributed by atoms with Crippen LogP contribution >= 0.6 is 12.6 Å². The van der Waals surface area contributed by atoms with Crippen LogP contribution < -0.4 is 0 Å². The van der Waals surface area contributed by atoms with E-state index in [1.807, 2.05) is 6.08 Å². The smallest absolute Gasteiger partial charge is 0.0708 e. The van der Waals surface area contributed by atoms with E-state index >= 15 is 0 Å². The number of thiol groups is 1. The van der Waals surface area contributed by atoms with Crippen molar-refractivity contribution in [1.29, 1.82) is 0 Å². The predicted molar refractivity (Wildman–Crippen MR) is 70.3 cm³/mol. The molecule has 0 saturated carbocycles. The van der Waals surface area contributed by atoms with Crippen LogP contribution in [0.15, 0.2) is 36.5 Å². The predicted octanol–water partition coefficient (Wildman–Crippen LogP) is 3.73. The lowest BCUT2D eigenvalue weighted by Gasteiger charge is -1.88. The molecule has 0 aromatic carbocycles. The molecule has 0 aliphatic heterocycles. The Bertz CT molecular complexity index is 163. The van der Waals surface area contributed by atoms with Gasteiger partial charge >= 0.3 is 0 Å². The molecule has 0 saturated heterocycles. The molecule has 0 nitrogen and oxygen atoms in total. The summed E-state index contributed by atoms with van der Waals surface area (Å²) in [6, 6.07) is 0. The average molecular weight is 206 g/mol. The normalized spacial score (nSPS) is 12.4. The molecule has 0 spiro atoms. The minimum atomic E-state index is 0.651. The summed E-state index contributed by atoms with van der Waals surface area (Å²) in [7, 11) is 5.32. The van der Waals surface area contributed by atoms with Crippen LogP contribution in [-0.4, -0.2) is 13.6 Å². The third-order valence-corrected chi connectivity index (χ3v) is 1.95. The van der Waals surface area contributed by atoms with E-state index < -0.39 is 0 Å². The molecule has 0 amide bonds. The zero-order valence-electron chi connectivity index (χ0n) is 8.73. The Morgan fingerprint density at radius 1 is 0.714 bits per heavy atom. The van der Waals surface area contributed by atoms with Gasteiger partial charge in [-0.2, -0.15) is 12.6 Å². The lowest BCUT2D eigenvalue weighted by atomic mass is 10.0. The molecular formula is C12H19BS. The SMILES string of the molecule is [B]C/C=C\CC/C=C\CC/C=C\CS. The quantitative estimate of drug-likeness (QED) is 0.266. The molecule has 2 radical (unpaired) electrons. The van der Waals surface area contributed by atoms with Crippen molar-refractivity contribution in [3.63, 3.8) is 0 Å². The monoisotopic (exact) mass is 206 g/mol. The maximum absolute atomic E-state index is 5.32. The van der Waals surface area contributed by atoms with Gasteiger partial charge in [-0.25, -0.2) is 0 Å². The van der Waals surface area contributed by atoms with E-state index in [0.717, 1.165) is 31.4 Å².